The number of nitrogens with zero attached hydrogens (tertiary/aromatic N) is 1. The van der Waals surface area contributed by atoms with Crippen LogP contribution in [-0.2, 0) is 0 Å². The van der Waals surface area contributed by atoms with E-state index in [1.807, 2.05) is 0 Å². The first-order valence-corrected chi connectivity index (χ1v) is 5.78. The van der Waals surface area contributed by atoms with Crippen molar-refractivity contribution in [3.05, 3.63) is 64.7 Å². The Morgan fingerprint density at radius 2 is 1.95 bits per heavy atom. The molecule has 0 unspecified atom stereocenters. The molecule has 0 saturated heterocycles. The summed E-state index contributed by atoms with van der Waals surface area (Å²) in [6.45, 7) is 1.70. The largest absolute Gasteiger partial charge is 0.322 e. The average Bonchev–Trinajstić information content (AvgIpc) is 2.42. The predicted molar refractivity (Wildman–Crippen MR) is 70.2 cm³/mol. The highest BCUT2D eigenvalue weighted by Gasteiger charge is 2.13. The van der Waals surface area contributed by atoms with Crippen LogP contribution in [0.1, 0.15) is 21.5 Å². The third kappa shape index (κ3) is 2.81. The van der Waals surface area contributed by atoms with Crippen molar-refractivity contribution in [2.45, 2.75) is 6.92 Å². The Kier molecular flexibility index (Phi) is 3.76. The molecule has 0 aliphatic heterocycles. The molecule has 2 aromatic carbocycles. The van der Waals surface area contributed by atoms with Crippen LogP contribution in [0.5, 0.6) is 0 Å². The second kappa shape index (κ2) is 5.49. The highest BCUT2D eigenvalue weighted by Crippen LogP contribution is 2.18. The van der Waals surface area contributed by atoms with Crippen molar-refractivity contribution in [1.82, 2.24) is 0 Å². The van der Waals surface area contributed by atoms with Crippen LogP contribution in [-0.4, -0.2) is 5.91 Å². The Morgan fingerprint density at radius 1 is 1.20 bits per heavy atom. The van der Waals surface area contributed by atoms with Gasteiger partial charge in [0, 0.05) is 5.69 Å². The third-order valence-corrected chi connectivity index (χ3v) is 2.79. The van der Waals surface area contributed by atoms with Gasteiger partial charge in [0.1, 0.15) is 11.6 Å². The molecule has 0 heterocycles. The number of nitriles is 1. The van der Waals surface area contributed by atoms with Crippen LogP contribution >= 0.6 is 0 Å². The molecule has 2 aromatic rings. The van der Waals surface area contributed by atoms with E-state index in [-0.39, 0.29) is 16.8 Å². The molecule has 3 nitrogen and oxygen atoms in total. The van der Waals surface area contributed by atoms with Crippen LogP contribution in [0.15, 0.2) is 36.4 Å². The van der Waals surface area contributed by atoms with Crippen molar-refractivity contribution in [2.75, 3.05) is 5.32 Å². The molecule has 0 saturated carbocycles. The van der Waals surface area contributed by atoms with E-state index >= 15 is 0 Å². The normalized spacial score (nSPS) is 9.90. The fraction of sp³-hybridized carbons (Fsp3) is 0.0667. The Hall–Kier alpha value is -2.74. The number of carbonyl (C=O) groups is 1. The number of anilines is 1. The van der Waals surface area contributed by atoms with Gasteiger partial charge >= 0.3 is 0 Å². The van der Waals surface area contributed by atoms with Crippen molar-refractivity contribution in [3.8, 4) is 6.07 Å². The minimum Gasteiger partial charge on any atom is -0.322 e. The number of amides is 1. The van der Waals surface area contributed by atoms with E-state index in [0.717, 1.165) is 12.1 Å². The van der Waals surface area contributed by atoms with Gasteiger partial charge in [-0.15, -0.1) is 0 Å². The lowest BCUT2D eigenvalue weighted by molar-refractivity contribution is 0.102. The fourth-order valence-corrected chi connectivity index (χ4v) is 1.69. The van der Waals surface area contributed by atoms with Crippen LogP contribution in [0, 0.1) is 29.9 Å². The van der Waals surface area contributed by atoms with Crippen LogP contribution in [0.3, 0.4) is 0 Å². The first-order chi connectivity index (χ1) is 9.51. The van der Waals surface area contributed by atoms with Crippen molar-refractivity contribution in [1.29, 1.82) is 5.26 Å². The first-order valence-electron chi connectivity index (χ1n) is 5.78. The van der Waals surface area contributed by atoms with Crippen molar-refractivity contribution < 1.29 is 13.6 Å². The van der Waals surface area contributed by atoms with Crippen LogP contribution in [0.4, 0.5) is 14.5 Å². The number of benzene rings is 2. The van der Waals surface area contributed by atoms with Gasteiger partial charge in [0.05, 0.1) is 17.2 Å². The highest BCUT2D eigenvalue weighted by molar-refractivity contribution is 6.04. The van der Waals surface area contributed by atoms with Gasteiger partial charge in [0.15, 0.2) is 0 Å². The number of carbonyl (C=O) groups excluding carboxylic acids is 1. The maximum Gasteiger partial charge on any atom is 0.258 e. The Labute approximate surface area is 114 Å². The Morgan fingerprint density at radius 3 is 2.60 bits per heavy atom. The second-order valence-electron chi connectivity index (χ2n) is 4.22. The SMILES string of the molecule is Cc1ccc(F)cc1NC(=O)c1ccc(C#N)cc1F. The van der Waals surface area contributed by atoms with Gasteiger partial charge in [-0.2, -0.15) is 5.26 Å². The molecule has 0 bridgehead atoms. The summed E-state index contributed by atoms with van der Waals surface area (Å²) in [5, 5.41) is 11.1. The van der Waals surface area contributed by atoms with Crippen molar-refractivity contribution in [2.24, 2.45) is 0 Å². The fourth-order valence-electron chi connectivity index (χ4n) is 1.69. The Bertz CT molecular complexity index is 720. The summed E-state index contributed by atoms with van der Waals surface area (Å²) in [5.74, 6) is -1.98. The molecule has 0 atom stereocenters. The first kappa shape index (κ1) is 13.7. The Balaban J connectivity index is 2.29. The summed E-state index contributed by atoms with van der Waals surface area (Å²) in [7, 11) is 0. The molecule has 0 aliphatic rings. The number of rotatable bonds is 2. The predicted octanol–water partition coefficient (Wildman–Crippen LogP) is 3.40. The minimum absolute atomic E-state index is 0.126. The van der Waals surface area contributed by atoms with Crippen LogP contribution in [0.25, 0.3) is 0 Å². The minimum atomic E-state index is -0.796. The van der Waals surface area contributed by atoms with Crippen LogP contribution in [0.2, 0.25) is 0 Å². The lowest BCUT2D eigenvalue weighted by Gasteiger charge is -2.09. The zero-order valence-corrected chi connectivity index (χ0v) is 10.6. The molecule has 0 spiro atoms. The van der Waals surface area contributed by atoms with Gasteiger partial charge in [-0.05, 0) is 42.8 Å². The highest BCUT2D eigenvalue weighted by atomic mass is 19.1. The van der Waals surface area contributed by atoms with E-state index in [2.05, 4.69) is 5.32 Å². The van der Waals surface area contributed by atoms with E-state index in [1.165, 1.54) is 24.3 Å². The lowest BCUT2D eigenvalue weighted by Crippen LogP contribution is -2.14. The molecule has 0 aromatic heterocycles. The number of hydrogen-bond acceptors (Lipinski definition) is 2. The lowest BCUT2D eigenvalue weighted by atomic mass is 10.1. The molecule has 100 valence electrons. The molecule has 0 radical (unpaired) electrons. The van der Waals surface area contributed by atoms with E-state index in [4.69, 9.17) is 5.26 Å². The number of aryl methyl sites for hydroxylation is 1. The molecular weight excluding hydrogens is 262 g/mol. The number of hydrogen-bond donors (Lipinski definition) is 1. The van der Waals surface area contributed by atoms with Gasteiger partial charge in [-0.25, -0.2) is 8.78 Å². The van der Waals surface area contributed by atoms with E-state index in [0.29, 0.717) is 5.56 Å². The molecule has 2 rings (SSSR count). The topological polar surface area (TPSA) is 52.9 Å². The average molecular weight is 272 g/mol. The summed E-state index contributed by atoms with van der Waals surface area (Å²) in [6.07, 6.45) is 0. The molecule has 0 fully saturated rings. The van der Waals surface area contributed by atoms with Crippen LogP contribution < -0.4 is 5.32 Å². The van der Waals surface area contributed by atoms with Crippen molar-refractivity contribution in [3.63, 3.8) is 0 Å². The number of halogens is 2. The van der Waals surface area contributed by atoms with Gasteiger partial charge < -0.3 is 5.32 Å². The zero-order valence-electron chi connectivity index (χ0n) is 10.6. The summed E-state index contributed by atoms with van der Waals surface area (Å²) in [6, 6.07) is 9.27. The van der Waals surface area contributed by atoms with Gasteiger partial charge in [-0.3, -0.25) is 4.79 Å². The van der Waals surface area contributed by atoms with Gasteiger partial charge in [-0.1, -0.05) is 6.07 Å². The second-order valence-corrected chi connectivity index (χ2v) is 4.22. The third-order valence-electron chi connectivity index (χ3n) is 2.79. The summed E-state index contributed by atoms with van der Waals surface area (Å²) in [4.78, 5) is 11.9. The molecule has 1 amide bonds. The van der Waals surface area contributed by atoms with E-state index in [9.17, 15) is 13.6 Å². The van der Waals surface area contributed by atoms with Gasteiger partial charge in [0.2, 0.25) is 0 Å². The molecule has 1 N–H and O–H groups in total. The summed E-state index contributed by atoms with van der Waals surface area (Å²) >= 11 is 0. The molecule has 20 heavy (non-hydrogen) atoms. The molecular formula is C15H10F2N2O. The molecule has 5 heteroatoms. The van der Waals surface area contributed by atoms with Gasteiger partial charge in [0.25, 0.3) is 5.91 Å². The monoisotopic (exact) mass is 272 g/mol. The molecule has 0 aliphatic carbocycles. The maximum absolute atomic E-state index is 13.7. The zero-order chi connectivity index (χ0) is 14.7. The van der Waals surface area contributed by atoms with Crippen molar-refractivity contribution >= 4 is 11.6 Å². The standard InChI is InChI=1S/C15H10F2N2O/c1-9-2-4-11(16)7-14(9)19-15(20)12-5-3-10(8-18)6-13(12)17/h2-7H,1H3,(H,19,20). The summed E-state index contributed by atoms with van der Waals surface area (Å²) < 4.78 is 26.8. The maximum atomic E-state index is 13.7. The number of nitrogens with one attached hydrogen (secondary N) is 1. The summed E-state index contributed by atoms with van der Waals surface area (Å²) in [5.41, 5.74) is 0.862. The quantitative estimate of drug-likeness (QED) is 0.911. The van der Waals surface area contributed by atoms with E-state index in [1.54, 1.807) is 13.0 Å². The smallest absolute Gasteiger partial charge is 0.258 e. The van der Waals surface area contributed by atoms with E-state index < -0.39 is 17.5 Å².